The predicted molar refractivity (Wildman–Crippen MR) is 113 cm³/mol. The molecule has 0 radical (unpaired) electrons. The number of aromatic nitrogens is 4. The third-order valence-corrected chi connectivity index (χ3v) is 5.42. The highest BCUT2D eigenvalue weighted by Gasteiger charge is 2.29. The van der Waals surface area contributed by atoms with E-state index in [9.17, 15) is 9.59 Å². The van der Waals surface area contributed by atoms with Crippen LogP contribution in [0, 0.1) is 12.8 Å². The zero-order valence-electron chi connectivity index (χ0n) is 17.4. The fraction of sp³-hybridized carbons (Fsp3) is 0.476. The lowest BCUT2D eigenvalue weighted by Crippen LogP contribution is -2.41. The summed E-state index contributed by atoms with van der Waals surface area (Å²) in [7, 11) is 1.67. The van der Waals surface area contributed by atoms with Crippen LogP contribution in [0.4, 0.5) is 11.6 Å². The van der Waals surface area contributed by atoms with Crippen LogP contribution in [0.25, 0.3) is 11.2 Å². The molecule has 8 nitrogen and oxygen atoms in total. The average Bonchev–Trinajstić information content (AvgIpc) is 3.08. The molecule has 0 unspecified atom stereocenters. The van der Waals surface area contributed by atoms with Gasteiger partial charge in [-0.3, -0.25) is 13.9 Å². The molecular weight excluding hydrogens is 370 g/mol. The van der Waals surface area contributed by atoms with E-state index >= 15 is 0 Å². The summed E-state index contributed by atoms with van der Waals surface area (Å²) in [6.07, 6.45) is 0. The summed E-state index contributed by atoms with van der Waals surface area (Å²) in [4.78, 5) is 32.9. The Bertz CT molecular complexity index is 1170. The van der Waals surface area contributed by atoms with Gasteiger partial charge in [-0.1, -0.05) is 19.1 Å². The second-order valence-electron chi connectivity index (χ2n) is 7.74. The number of anilines is 2. The molecule has 0 spiro atoms. The molecule has 3 aromatic rings. The largest absolute Gasteiger partial charge is 0.380 e. The van der Waals surface area contributed by atoms with Gasteiger partial charge in [0.2, 0.25) is 5.95 Å². The summed E-state index contributed by atoms with van der Waals surface area (Å²) in [6.45, 7) is 8.69. The van der Waals surface area contributed by atoms with Crippen LogP contribution in [0.15, 0.2) is 33.9 Å². The van der Waals surface area contributed by atoms with E-state index in [2.05, 4.69) is 30.9 Å². The monoisotopic (exact) mass is 397 g/mol. The van der Waals surface area contributed by atoms with Gasteiger partial charge in [-0.2, -0.15) is 4.98 Å². The Morgan fingerprint density at radius 1 is 1.24 bits per heavy atom. The maximum atomic E-state index is 13.2. The van der Waals surface area contributed by atoms with Crippen LogP contribution >= 0.6 is 0 Å². The van der Waals surface area contributed by atoms with Crippen molar-refractivity contribution in [2.45, 2.75) is 33.9 Å². The number of hydrogen-bond acceptors (Lipinski definition) is 5. The molecule has 8 heteroatoms. The van der Waals surface area contributed by atoms with Gasteiger partial charge in [0.1, 0.15) is 0 Å². The van der Waals surface area contributed by atoms with Crippen LogP contribution in [0.2, 0.25) is 0 Å². The molecule has 29 heavy (non-hydrogen) atoms. The second kappa shape index (κ2) is 7.51. The highest BCUT2D eigenvalue weighted by molar-refractivity contribution is 5.77. The summed E-state index contributed by atoms with van der Waals surface area (Å²) in [6, 6.07) is 8.24. The molecular formula is C21H27N5O3. The first-order valence-corrected chi connectivity index (χ1v) is 10.0. The van der Waals surface area contributed by atoms with Crippen molar-refractivity contribution in [1.82, 2.24) is 18.7 Å². The molecule has 1 aromatic carbocycles. The van der Waals surface area contributed by atoms with Crippen LogP contribution < -0.4 is 16.1 Å². The molecule has 1 aliphatic heterocycles. The van der Waals surface area contributed by atoms with E-state index in [4.69, 9.17) is 9.72 Å². The zero-order valence-corrected chi connectivity index (χ0v) is 17.4. The fourth-order valence-corrected chi connectivity index (χ4v) is 4.02. The molecule has 1 aliphatic rings. The van der Waals surface area contributed by atoms with Gasteiger partial charge in [0.05, 0.1) is 13.2 Å². The maximum Gasteiger partial charge on any atom is 0.332 e. The van der Waals surface area contributed by atoms with Crippen molar-refractivity contribution >= 4 is 22.8 Å². The minimum atomic E-state index is -0.368. The molecule has 0 fully saturated rings. The summed E-state index contributed by atoms with van der Waals surface area (Å²) >= 11 is 0. The third kappa shape index (κ3) is 3.27. The molecule has 0 bridgehead atoms. The second-order valence-corrected chi connectivity index (χ2v) is 7.74. The van der Waals surface area contributed by atoms with E-state index in [0.717, 1.165) is 17.8 Å². The van der Waals surface area contributed by atoms with Gasteiger partial charge in [-0.05, 0) is 37.5 Å². The Balaban J connectivity index is 1.93. The Morgan fingerprint density at radius 2 is 2.03 bits per heavy atom. The molecule has 154 valence electrons. The number of nitrogens with zero attached hydrogens (tertiary/aromatic N) is 5. The minimum Gasteiger partial charge on any atom is -0.380 e. The molecule has 0 saturated heterocycles. The Morgan fingerprint density at radius 3 is 2.76 bits per heavy atom. The number of hydrogen-bond donors (Lipinski definition) is 0. The van der Waals surface area contributed by atoms with Crippen LogP contribution in [-0.2, 0) is 24.9 Å². The minimum absolute atomic E-state index is 0.229. The molecule has 0 aliphatic carbocycles. The molecule has 4 rings (SSSR count). The lowest BCUT2D eigenvalue weighted by atomic mass is 10.1. The van der Waals surface area contributed by atoms with Crippen molar-refractivity contribution in [3.8, 4) is 0 Å². The van der Waals surface area contributed by atoms with Crippen molar-refractivity contribution < 1.29 is 4.74 Å². The van der Waals surface area contributed by atoms with Crippen molar-refractivity contribution in [1.29, 1.82) is 0 Å². The lowest BCUT2D eigenvalue weighted by molar-refractivity contribution is 0.137. The van der Waals surface area contributed by atoms with E-state index in [1.54, 1.807) is 7.05 Å². The van der Waals surface area contributed by atoms with Gasteiger partial charge in [-0.25, -0.2) is 4.79 Å². The SMILES string of the molecule is CCOCCn1c(=O)c2c(nc3n2C[C@@H](C)CN3c2cccc(C)c2)n(C)c1=O. The molecule has 3 heterocycles. The molecule has 0 N–H and O–H groups in total. The number of rotatable bonds is 5. The van der Waals surface area contributed by atoms with Crippen LogP contribution in [-0.4, -0.2) is 38.4 Å². The van der Waals surface area contributed by atoms with Gasteiger partial charge in [0.25, 0.3) is 5.56 Å². The highest BCUT2D eigenvalue weighted by Crippen LogP contribution is 2.33. The first kappa shape index (κ1) is 19.4. The van der Waals surface area contributed by atoms with E-state index in [-0.39, 0.29) is 17.8 Å². The normalized spacial score (nSPS) is 16.4. The fourth-order valence-electron chi connectivity index (χ4n) is 4.02. The summed E-state index contributed by atoms with van der Waals surface area (Å²) in [5.41, 5.74) is 2.42. The van der Waals surface area contributed by atoms with Gasteiger partial charge in [0, 0.05) is 32.4 Å². The Labute approximate surface area is 169 Å². The maximum absolute atomic E-state index is 13.2. The van der Waals surface area contributed by atoms with Crippen molar-refractivity contribution in [3.05, 3.63) is 50.7 Å². The van der Waals surface area contributed by atoms with Crippen LogP contribution in [0.5, 0.6) is 0 Å². The molecule has 0 saturated carbocycles. The van der Waals surface area contributed by atoms with Gasteiger partial charge < -0.3 is 14.2 Å². The molecule has 0 amide bonds. The van der Waals surface area contributed by atoms with E-state index < -0.39 is 0 Å². The van der Waals surface area contributed by atoms with Gasteiger partial charge >= 0.3 is 5.69 Å². The smallest absolute Gasteiger partial charge is 0.332 e. The van der Waals surface area contributed by atoms with E-state index in [1.165, 1.54) is 9.13 Å². The highest BCUT2D eigenvalue weighted by atomic mass is 16.5. The van der Waals surface area contributed by atoms with Crippen molar-refractivity contribution in [2.75, 3.05) is 24.7 Å². The first-order chi connectivity index (χ1) is 13.9. The average molecular weight is 397 g/mol. The lowest BCUT2D eigenvalue weighted by Gasteiger charge is -2.33. The summed E-state index contributed by atoms with van der Waals surface area (Å²) in [5, 5.41) is 0. The van der Waals surface area contributed by atoms with Crippen LogP contribution in [0.1, 0.15) is 19.4 Å². The molecule has 2 aromatic heterocycles. The number of ether oxygens (including phenoxy) is 1. The topological polar surface area (TPSA) is 74.3 Å². The Kier molecular flexibility index (Phi) is 5.04. The number of imidazole rings is 1. The van der Waals surface area contributed by atoms with Crippen molar-refractivity contribution in [2.24, 2.45) is 13.0 Å². The first-order valence-electron chi connectivity index (χ1n) is 10.0. The van der Waals surface area contributed by atoms with Gasteiger partial charge in [0.15, 0.2) is 11.2 Å². The summed E-state index contributed by atoms with van der Waals surface area (Å²) < 4.78 is 10.0. The molecule has 1 atom stereocenters. The Hall–Kier alpha value is -2.87. The number of fused-ring (bicyclic) bond motifs is 3. The number of aryl methyl sites for hydroxylation is 2. The standard InChI is InChI=1S/C21H27N5O3/c1-5-29-10-9-24-19(27)17-18(23(4)21(24)28)22-20-25(12-15(3)13-26(17)20)16-8-6-7-14(2)11-16/h6-8,11,15H,5,9-10,12-13H2,1-4H3/t15-/m0/s1. The van der Waals surface area contributed by atoms with Gasteiger partial charge in [-0.15, -0.1) is 0 Å². The number of benzene rings is 1. The van der Waals surface area contributed by atoms with Crippen LogP contribution in [0.3, 0.4) is 0 Å². The van der Waals surface area contributed by atoms with E-state index in [1.807, 2.05) is 23.6 Å². The quantitative estimate of drug-likeness (QED) is 0.616. The van der Waals surface area contributed by atoms with Crippen molar-refractivity contribution in [3.63, 3.8) is 0 Å². The summed E-state index contributed by atoms with van der Waals surface area (Å²) in [5.74, 6) is 1.03. The van der Waals surface area contributed by atoms with E-state index in [0.29, 0.717) is 42.8 Å². The zero-order chi connectivity index (χ0) is 20.7. The third-order valence-electron chi connectivity index (χ3n) is 5.42. The predicted octanol–water partition coefficient (Wildman–Crippen LogP) is 2.03.